The van der Waals surface area contributed by atoms with Crippen molar-refractivity contribution in [3.63, 3.8) is 0 Å². The summed E-state index contributed by atoms with van der Waals surface area (Å²) in [6, 6.07) is 17.0. The first kappa shape index (κ1) is 20.1. The van der Waals surface area contributed by atoms with Crippen LogP contribution in [0.25, 0.3) is 27.6 Å². The topological polar surface area (TPSA) is 12.9 Å². The molecule has 0 aliphatic heterocycles. The average Bonchev–Trinajstić information content (AvgIpc) is 2.94. The highest BCUT2D eigenvalue weighted by atomic mass is 28.3. The van der Waals surface area contributed by atoms with E-state index in [1.165, 1.54) is 50.3 Å². The highest BCUT2D eigenvalue weighted by molar-refractivity contribution is 6.76. The van der Waals surface area contributed by atoms with Crippen LogP contribution in [0.15, 0.2) is 54.2 Å². The van der Waals surface area contributed by atoms with Gasteiger partial charge < -0.3 is 0 Å². The number of nitrogens with zero attached hydrogens (tertiary/aromatic N) is 1. The lowest BCUT2D eigenvalue weighted by Gasteiger charge is -2.23. The molecule has 1 heterocycles. The Kier molecular flexibility index (Phi) is 4.81. The molecule has 0 atom stereocenters. The van der Waals surface area contributed by atoms with Gasteiger partial charge in [-0.15, -0.1) is 0 Å². The van der Waals surface area contributed by atoms with Crippen LogP contribution in [0.4, 0.5) is 0 Å². The zero-order valence-electron chi connectivity index (χ0n) is 19.0. The lowest BCUT2D eigenvalue weighted by Crippen LogP contribution is -2.20. The van der Waals surface area contributed by atoms with Gasteiger partial charge in [0.25, 0.3) is 0 Å². The van der Waals surface area contributed by atoms with E-state index in [4.69, 9.17) is 4.98 Å². The SMILES string of the molecule is CC1=C(C[Si](C)(C)C)Cc2c1ccnc2-c1cc(C(C)(C)C)c2ccccc2c1. The third kappa shape index (κ3) is 3.83. The molecule has 2 aromatic carbocycles. The van der Waals surface area contributed by atoms with E-state index >= 15 is 0 Å². The van der Waals surface area contributed by atoms with Crippen molar-refractivity contribution < 1.29 is 0 Å². The Morgan fingerprint density at radius 1 is 1.00 bits per heavy atom. The van der Waals surface area contributed by atoms with Crippen LogP contribution in [0.3, 0.4) is 0 Å². The molecule has 150 valence electrons. The van der Waals surface area contributed by atoms with Crippen molar-refractivity contribution in [2.45, 2.75) is 65.2 Å². The molecule has 0 saturated heterocycles. The van der Waals surface area contributed by atoms with Gasteiger partial charge in [0.2, 0.25) is 0 Å². The molecule has 1 aliphatic carbocycles. The zero-order chi connectivity index (χ0) is 21.0. The minimum absolute atomic E-state index is 0.0880. The maximum Gasteiger partial charge on any atom is 0.0743 e. The van der Waals surface area contributed by atoms with Crippen LogP contribution in [0.1, 0.15) is 44.4 Å². The Morgan fingerprint density at radius 3 is 2.41 bits per heavy atom. The first-order valence-corrected chi connectivity index (χ1v) is 14.5. The molecule has 0 bridgehead atoms. The lowest BCUT2D eigenvalue weighted by molar-refractivity contribution is 0.596. The summed E-state index contributed by atoms with van der Waals surface area (Å²) in [7, 11) is -1.15. The fourth-order valence-corrected chi connectivity index (χ4v) is 6.38. The fraction of sp³-hybridized carbons (Fsp3) is 0.370. The number of hydrogen-bond donors (Lipinski definition) is 0. The van der Waals surface area contributed by atoms with Crippen molar-refractivity contribution in [1.82, 2.24) is 4.98 Å². The molecule has 0 radical (unpaired) electrons. The summed E-state index contributed by atoms with van der Waals surface area (Å²) in [6.45, 7) is 16.6. The summed E-state index contributed by atoms with van der Waals surface area (Å²) in [6.07, 6.45) is 3.06. The van der Waals surface area contributed by atoms with Crippen molar-refractivity contribution >= 4 is 24.4 Å². The molecular formula is C27H33NSi. The standard InChI is InChI=1S/C27H33NSi/c1-18-21(17-29(5,6)7)15-24-22(18)12-13-28-26(24)20-14-19-10-8-9-11-23(19)25(16-20)27(2,3)4/h8-14,16H,15,17H2,1-7H3. The number of benzene rings is 2. The number of allylic oxidation sites excluding steroid dienone is 2. The predicted molar refractivity (Wildman–Crippen MR) is 130 cm³/mol. The first-order valence-electron chi connectivity index (χ1n) is 10.8. The maximum absolute atomic E-state index is 4.90. The summed E-state index contributed by atoms with van der Waals surface area (Å²) in [5.41, 5.74) is 9.87. The molecule has 1 aromatic heterocycles. The lowest BCUT2D eigenvalue weighted by atomic mass is 9.82. The van der Waals surface area contributed by atoms with E-state index in [2.05, 4.69) is 89.8 Å². The number of fused-ring (bicyclic) bond motifs is 2. The van der Waals surface area contributed by atoms with Gasteiger partial charge >= 0.3 is 0 Å². The average molecular weight is 400 g/mol. The highest BCUT2D eigenvalue weighted by Crippen LogP contribution is 2.42. The van der Waals surface area contributed by atoms with Crippen LogP contribution in [0.5, 0.6) is 0 Å². The second kappa shape index (κ2) is 6.95. The predicted octanol–water partition coefficient (Wildman–Crippen LogP) is 7.87. The molecule has 2 heteroatoms. The largest absolute Gasteiger partial charge is 0.256 e. The van der Waals surface area contributed by atoms with Gasteiger partial charge in [-0.3, -0.25) is 4.98 Å². The number of hydrogen-bond acceptors (Lipinski definition) is 1. The van der Waals surface area contributed by atoms with Gasteiger partial charge in [0, 0.05) is 19.8 Å². The Balaban J connectivity index is 1.87. The van der Waals surface area contributed by atoms with Gasteiger partial charge in [-0.2, -0.15) is 0 Å². The van der Waals surface area contributed by atoms with Crippen LogP contribution in [-0.4, -0.2) is 13.1 Å². The molecule has 3 aromatic rings. The third-order valence-corrected chi connectivity index (χ3v) is 7.55. The molecule has 0 unspecified atom stereocenters. The summed E-state index contributed by atoms with van der Waals surface area (Å²) < 4.78 is 0. The smallest absolute Gasteiger partial charge is 0.0743 e. The van der Waals surface area contributed by atoms with Crippen LogP contribution >= 0.6 is 0 Å². The third-order valence-electron chi connectivity index (χ3n) is 6.07. The van der Waals surface area contributed by atoms with Gasteiger partial charge in [-0.1, -0.05) is 70.3 Å². The van der Waals surface area contributed by atoms with E-state index in [1.807, 2.05) is 6.20 Å². The summed E-state index contributed by atoms with van der Waals surface area (Å²) >= 11 is 0. The van der Waals surface area contributed by atoms with E-state index in [0.717, 1.165) is 6.42 Å². The molecule has 1 nitrogen and oxygen atoms in total. The van der Waals surface area contributed by atoms with Crippen LogP contribution in [-0.2, 0) is 11.8 Å². The summed E-state index contributed by atoms with van der Waals surface area (Å²) in [4.78, 5) is 4.90. The quantitative estimate of drug-likeness (QED) is 0.408. The maximum atomic E-state index is 4.90. The molecule has 29 heavy (non-hydrogen) atoms. The van der Waals surface area contributed by atoms with E-state index in [9.17, 15) is 0 Å². The molecule has 4 rings (SSSR count). The molecule has 0 fully saturated rings. The molecule has 0 saturated carbocycles. The summed E-state index contributed by atoms with van der Waals surface area (Å²) in [5, 5.41) is 2.66. The van der Waals surface area contributed by atoms with E-state index in [1.54, 1.807) is 5.57 Å². The Hall–Kier alpha value is -2.19. The number of rotatable bonds is 3. The van der Waals surface area contributed by atoms with Gasteiger partial charge in [-0.05, 0) is 76.0 Å². The molecular weight excluding hydrogens is 366 g/mol. The van der Waals surface area contributed by atoms with Gasteiger partial charge in [0.05, 0.1) is 5.69 Å². The molecule has 1 aliphatic rings. The van der Waals surface area contributed by atoms with E-state index in [0.29, 0.717) is 0 Å². The Labute approximate surface area is 176 Å². The van der Waals surface area contributed by atoms with Crippen molar-refractivity contribution in [2.24, 2.45) is 0 Å². The Morgan fingerprint density at radius 2 is 1.72 bits per heavy atom. The van der Waals surface area contributed by atoms with Gasteiger partial charge in [0.15, 0.2) is 0 Å². The second-order valence-electron chi connectivity index (χ2n) is 10.8. The monoisotopic (exact) mass is 399 g/mol. The zero-order valence-corrected chi connectivity index (χ0v) is 20.0. The second-order valence-corrected chi connectivity index (χ2v) is 16.3. The number of aromatic nitrogens is 1. The van der Waals surface area contributed by atoms with Crippen LogP contribution in [0.2, 0.25) is 25.7 Å². The molecule has 0 amide bonds. The minimum Gasteiger partial charge on any atom is -0.256 e. The first-order chi connectivity index (χ1) is 13.5. The van der Waals surface area contributed by atoms with E-state index in [-0.39, 0.29) is 5.41 Å². The van der Waals surface area contributed by atoms with Crippen molar-refractivity contribution in [1.29, 1.82) is 0 Å². The van der Waals surface area contributed by atoms with Crippen molar-refractivity contribution in [2.75, 3.05) is 0 Å². The van der Waals surface area contributed by atoms with E-state index < -0.39 is 8.07 Å². The van der Waals surface area contributed by atoms with Crippen LogP contribution in [0, 0.1) is 0 Å². The minimum atomic E-state index is -1.15. The molecule has 0 N–H and O–H groups in total. The number of pyridine rings is 1. The summed E-state index contributed by atoms with van der Waals surface area (Å²) in [5.74, 6) is 0. The van der Waals surface area contributed by atoms with Gasteiger partial charge in [0.1, 0.15) is 0 Å². The Bertz CT molecular complexity index is 1120. The highest BCUT2D eigenvalue weighted by Gasteiger charge is 2.27. The molecule has 0 spiro atoms. The van der Waals surface area contributed by atoms with Crippen molar-refractivity contribution in [3.8, 4) is 11.3 Å². The fourth-order valence-electron chi connectivity index (χ4n) is 4.71. The van der Waals surface area contributed by atoms with Crippen molar-refractivity contribution in [3.05, 3.63) is 70.9 Å². The van der Waals surface area contributed by atoms with Crippen LogP contribution < -0.4 is 0 Å². The van der Waals surface area contributed by atoms with Gasteiger partial charge in [-0.25, -0.2) is 0 Å². The normalized spacial score (nSPS) is 14.6.